The fourth-order valence-corrected chi connectivity index (χ4v) is 4.04. The smallest absolute Gasteiger partial charge is 0.307 e. The Morgan fingerprint density at radius 3 is 2.52 bits per heavy atom. The zero-order chi connectivity index (χ0) is 23.5. The first-order chi connectivity index (χ1) is 15.9. The zero-order valence-electron chi connectivity index (χ0n) is 18.5. The molecular formula is C25H25FN4O3. The number of rotatable bonds is 8. The van der Waals surface area contributed by atoms with Crippen LogP contribution in [0.25, 0.3) is 10.9 Å². The molecule has 0 saturated heterocycles. The number of amides is 1. The number of anilines is 1. The van der Waals surface area contributed by atoms with Gasteiger partial charge in [-0.2, -0.15) is 5.10 Å². The van der Waals surface area contributed by atoms with Gasteiger partial charge in [0.2, 0.25) is 0 Å². The highest BCUT2D eigenvalue weighted by molar-refractivity contribution is 6.05. The third kappa shape index (κ3) is 4.79. The number of aliphatic carboxylic acids is 1. The van der Waals surface area contributed by atoms with E-state index in [1.54, 1.807) is 12.1 Å². The normalized spacial score (nSPS) is 11.1. The minimum Gasteiger partial charge on any atom is -0.481 e. The number of benzene rings is 2. The Bertz CT molecular complexity index is 1320. The SMILES string of the molecule is CCc1nn(Cc2ccc(NC(=O)c3cc4ccc(F)cc4[nH]3)cc2)c(CC)c1CC(=O)O. The first-order valence-electron chi connectivity index (χ1n) is 10.9. The van der Waals surface area contributed by atoms with E-state index in [1.165, 1.54) is 12.1 Å². The third-order valence-corrected chi connectivity index (χ3v) is 5.62. The lowest BCUT2D eigenvalue weighted by Gasteiger charge is -2.09. The molecule has 0 aliphatic rings. The largest absolute Gasteiger partial charge is 0.481 e. The van der Waals surface area contributed by atoms with Gasteiger partial charge in [0.15, 0.2) is 0 Å². The number of fused-ring (bicyclic) bond motifs is 1. The Hall–Kier alpha value is -3.94. The van der Waals surface area contributed by atoms with Crippen LogP contribution >= 0.6 is 0 Å². The van der Waals surface area contributed by atoms with Crippen molar-refractivity contribution in [2.75, 3.05) is 5.32 Å². The molecule has 2 heterocycles. The first-order valence-corrected chi connectivity index (χ1v) is 10.9. The molecule has 8 heteroatoms. The first kappa shape index (κ1) is 22.3. The molecule has 33 heavy (non-hydrogen) atoms. The van der Waals surface area contributed by atoms with E-state index < -0.39 is 5.97 Å². The van der Waals surface area contributed by atoms with E-state index in [0.717, 1.165) is 27.9 Å². The number of carbonyl (C=O) groups excluding carboxylic acids is 1. The minimum absolute atomic E-state index is 0.0300. The Morgan fingerprint density at radius 1 is 1.09 bits per heavy atom. The fraction of sp³-hybridized carbons (Fsp3) is 0.240. The maximum atomic E-state index is 13.4. The lowest BCUT2D eigenvalue weighted by atomic mass is 10.1. The molecular weight excluding hydrogens is 423 g/mol. The van der Waals surface area contributed by atoms with Crippen molar-refractivity contribution in [3.8, 4) is 0 Å². The number of nitrogens with one attached hydrogen (secondary N) is 2. The molecule has 3 N–H and O–H groups in total. The van der Waals surface area contributed by atoms with Gasteiger partial charge in [0.05, 0.1) is 18.7 Å². The van der Waals surface area contributed by atoms with Gasteiger partial charge in [-0.15, -0.1) is 0 Å². The molecule has 0 saturated carbocycles. The second-order valence-corrected chi connectivity index (χ2v) is 7.87. The molecule has 4 aromatic rings. The van der Waals surface area contributed by atoms with Crippen molar-refractivity contribution in [1.29, 1.82) is 0 Å². The minimum atomic E-state index is -0.862. The molecule has 0 aliphatic carbocycles. The lowest BCUT2D eigenvalue weighted by molar-refractivity contribution is -0.136. The van der Waals surface area contributed by atoms with Crippen molar-refractivity contribution in [3.05, 3.63) is 82.6 Å². The van der Waals surface area contributed by atoms with Gasteiger partial charge in [-0.05, 0) is 54.8 Å². The lowest BCUT2D eigenvalue weighted by Crippen LogP contribution is -2.12. The van der Waals surface area contributed by atoms with Crippen molar-refractivity contribution >= 4 is 28.5 Å². The fourth-order valence-electron chi connectivity index (χ4n) is 4.04. The van der Waals surface area contributed by atoms with Crippen molar-refractivity contribution in [1.82, 2.24) is 14.8 Å². The monoisotopic (exact) mass is 448 g/mol. The number of carbonyl (C=O) groups is 2. The number of hydrogen-bond donors (Lipinski definition) is 3. The van der Waals surface area contributed by atoms with Gasteiger partial charge in [-0.3, -0.25) is 14.3 Å². The average Bonchev–Trinajstić information content (AvgIpc) is 3.35. The molecule has 7 nitrogen and oxygen atoms in total. The van der Waals surface area contributed by atoms with Crippen LogP contribution < -0.4 is 5.32 Å². The van der Waals surface area contributed by atoms with Crippen LogP contribution in [-0.4, -0.2) is 31.7 Å². The van der Waals surface area contributed by atoms with Gasteiger partial charge in [0, 0.05) is 27.8 Å². The summed E-state index contributed by atoms with van der Waals surface area (Å²) in [7, 11) is 0. The molecule has 0 bridgehead atoms. The van der Waals surface area contributed by atoms with Gasteiger partial charge < -0.3 is 15.4 Å². The third-order valence-electron chi connectivity index (χ3n) is 5.62. The molecule has 0 aliphatic heterocycles. The number of carboxylic acid groups (broad SMARTS) is 1. The van der Waals surface area contributed by atoms with Crippen LogP contribution in [0.5, 0.6) is 0 Å². The van der Waals surface area contributed by atoms with Gasteiger partial charge >= 0.3 is 5.97 Å². The van der Waals surface area contributed by atoms with Gasteiger partial charge in [-0.1, -0.05) is 26.0 Å². The van der Waals surface area contributed by atoms with Crippen molar-refractivity contribution in [3.63, 3.8) is 0 Å². The number of aryl methyl sites for hydroxylation is 1. The van der Waals surface area contributed by atoms with Gasteiger partial charge in [0.25, 0.3) is 5.91 Å². The van der Waals surface area contributed by atoms with E-state index in [1.807, 2.05) is 42.8 Å². The van der Waals surface area contributed by atoms with E-state index >= 15 is 0 Å². The Morgan fingerprint density at radius 2 is 1.85 bits per heavy atom. The highest BCUT2D eigenvalue weighted by atomic mass is 19.1. The second-order valence-electron chi connectivity index (χ2n) is 7.87. The van der Waals surface area contributed by atoms with Crippen LogP contribution in [-0.2, 0) is 30.6 Å². The summed E-state index contributed by atoms with van der Waals surface area (Å²) in [6, 6.07) is 13.4. The maximum Gasteiger partial charge on any atom is 0.307 e. The predicted molar refractivity (Wildman–Crippen MR) is 124 cm³/mol. The van der Waals surface area contributed by atoms with E-state index in [2.05, 4.69) is 15.4 Å². The Balaban J connectivity index is 1.48. The van der Waals surface area contributed by atoms with E-state index in [0.29, 0.717) is 36.3 Å². The molecule has 0 fully saturated rings. The summed E-state index contributed by atoms with van der Waals surface area (Å²) >= 11 is 0. The summed E-state index contributed by atoms with van der Waals surface area (Å²) < 4.78 is 15.3. The van der Waals surface area contributed by atoms with Crippen LogP contribution in [0.1, 0.15) is 46.9 Å². The van der Waals surface area contributed by atoms with Crippen LogP contribution in [0.2, 0.25) is 0 Å². The zero-order valence-corrected chi connectivity index (χ0v) is 18.5. The molecule has 0 radical (unpaired) electrons. The second kappa shape index (κ2) is 9.28. The summed E-state index contributed by atoms with van der Waals surface area (Å²) in [6.45, 7) is 4.48. The summed E-state index contributed by atoms with van der Waals surface area (Å²) in [4.78, 5) is 26.8. The van der Waals surface area contributed by atoms with E-state index in [4.69, 9.17) is 0 Å². The molecule has 2 aromatic heterocycles. The van der Waals surface area contributed by atoms with Crippen LogP contribution in [0.3, 0.4) is 0 Å². The molecule has 0 unspecified atom stereocenters. The van der Waals surface area contributed by atoms with Crippen molar-refractivity contribution < 1.29 is 19.1 Å². The highest BCUT2D eigenvalue weighted by Crippen LogP contribution is 2.21. The van der Waals surface area contributed by atoms with Crippen LogP contribution in [0, 0.1) is 5.82 Å². The maximum absolute atomic E-state index is 13.4. The standard InChI is InChI=1S/C25H25FN4O3/c1-3-20-19(13-24(31)32)23(4-2)30(29-20)14-15-5-9-18(10-6-15)27-25(33)22-11-16-7-8-17(26)12-21(16)28-22/h5-12,28H,3-4,13-14H2,1-2H3,(H,27,33)(H,31,32). The topological polar surface area (TPSA) is 100 Å². The average molecular weight is 448 g/mol. The van der Waals surface area contributed by atoms with Gasteiger partial charge in [0.1, 0.15) is 11.5 Å². The predicted octanol–water partition coefficient (Wildman–Crippen LogP) is 4.56. The highest BCUT2D eigenvalue weighted by Gasteiger charge is 2.18. The molecule has 4 rings (SSSR count). The molecule has 0 atom stereocenters. The molecule has 170 valence electrons. The number of aromatic nitrogens is 3. The number of carboxylic acids is 1. The Kier molecular flexibility index (Phi) is 6.26. The summed E-state index contributed by atoms with van der Waals surface area (Å²) in [6.07, 6.45) is 1.34. The number of nitrogens with zero attached hydrogens (tertiary/aromatic N) is 2. The van der Waals surface area contributed by atoms with Gasteiger partial charge in [-0.25, -0.2) is 4.39 Å². The quantitative estimate of drug-likeness (QED) is 0.368. The number of hydrogen-bond acceptors (Lipinski definition) is 3. The van der Waals surface area contributed by atoms with E-state index in [-0.39, 0.29) is 18.1 Å². The summed E-state index contributed by atoms with van der Waals surface area (Å²) in [5.41, 5.74) is 5.08. The molecule has 1 amide bonds. The number of aromatic amines is 1. The van der Waals surface area contributed by atoms with Crippen molar-refractivity contribution in [2.24, 2.45) is 0 Å². The summed E-state index contributed by atoms with van der Waals surface area (Å²) in [5, 5.41) is 17.5. The van der Waals surface area contributed by atoms with Crippen molar-refractivity contribution in [2.45, 2.75) is 39.7 Å². The molecule has 0 spiro atoms. The number of H-pyrrole nitrogens is 1. The van der Waals surface area contributed by atoms with Crippen LogP contribution in [0.15, 0.2) is 48.5 Å². The Labute approximate surface area is 190 Å². The molecule has 2 aromatic carbocycles. The van der Waals surface area contributed by atoms with E-state index in [9.17, 15) is 19.1 Å². The number of halogens is 1. The summed E-state index contributed by atoms with van der Waals surface area (Å²) in [5.74, 6) is -1.54. The van der Waals surface area contributed by atoms with Crippen LogP contribution in [0.4, 0.5) is 10.1 Å².